The number of fused-ring (bicyclic) bond motifs is 10. The van der Waals surface area contributed by atoms with Crippen LogP contribution in [0.2, 0.25) is 0 Å². The largest absolute Gasteiger partial charge is 0.497 e. The first kappa shape index (κ1) is 41.0. The summed E-state index contributed by atoms with van der Waals surface area (Å²) in [5.41, 5.74) is -2.57. The van der Waals surface area contributed by atoms with E-state index in [2.05, 4.69) is 0 Å². The van der Waals surface area contributed by atoms with Gasteiger partial charge in [0.2, 0.25) is 23.6 Å². The molecule has 0 saturated carbocycles. The molecule has 8 atom stereocenters. The van der Waals surface area contributed by atoms with E-state index in [4.69, 9.17) is 28.4 Å². The van der Waals surface area contributed by atoms with Crippen molar-refractivity contribution in [1.29, 1.82) is 0 Å². The zero-order valence-corrected chi connectivity index (χ0v) is 34.7. The van der Waals surface area contributed by atoms with Gasteiger partial charge >= 0.3 is 11.9 Å². The van der Waals surface area contributed by atoms with Crippen molar-refractivity contribution in [3.8, 4) is 11.5 Å². The molecular weight excluding hydrogens is 797 g/mol. The second-order valence-corrected chi connectivity index (χ2v) is 16.3. The molecule has 0 aromatic heterocycles. The summed E-state index contributed by atoms with van der Waals surface area (Å²) >= 11 is 0. The van der Waals surface area contributed by atoms with Crippen molar-refractivity contribution in [1.82, 2.24) is 0 Å². The Hall–Kier alpha value is -6.38. The number of nitrogens with zero attached hydrogens (tertiary/aromatic N) is 2. The Morgan fingerprint density at radius 1 is 0.516 bits per heavy atom. The second kappa shape index (κ2) is 15.2. The molecule has 0 unspecified atom stereocenters. The summed E-state index contributed by atoms with van der Waals surface area (Å²) in [6.45, 7) is 3.76. The molecule has 6 fully saturated rings. The third-order valence-electron chi connectivity index (χ3n) is 13.5. The number of esters is 2. The minimum atomic E-state index is -1.46. The lowest BCUT2D eigenvalue weighted by Crippen LogP contribution is -2.49. The monoisotopic (exact) mass is 842 g/mol. The van der Waals surface area contributed by atoms with Gasteiger partial charge < -0.3 is 28.4 Å². The number of benzene rings is 4. The predicted molar refractivity (Wildman–Crippen MR) is 221 cm³/mol. The summed E-state index contributed by atoms with van der Waals surface area (Å²) in [4.78, 5) is 83.0. The lowest BCUT2D eigenvalue weighted by molar-refractivity contribution is -0.175. The standard InChI is InChI=1S/2C24H23NO6/c2*1-3-30-22(28)24-14-13-23(31-24,15-9-11-17(29-2)12-10-15)18-19(24)21(27)25(20(18)26)16-7-5-4-6-8-16/h2*4-12,18-19H,3,13-14H2,1-2H3/t2*18-,19+,23+,24+/m00/s1. The number of imide groups is 2. The maximum Gasteiger partial charge on any atom is 0.339 e. The molecule has 320 valence electrons. The van der Waals surface area contributed by atoms with E-state index in [9.17, 15) is 28.8 Å². The predicted octanol–water partition coefficient (Wildman–Crippen LogP) is 5.64. The topological polar surface area (TPSA) is 164 Å². The maximum absolute atomic E-state index is 13.7. The van der Waals surface area contributed by atoms with Crippen molar-refractivity contribution in [2.75, 3.05) is 37.2 Å². The zero-order valence-electron chi connectivity index (χ0n) is 34.7. The fraction of sp³-hybridized carbons (Fsp3) is 0.375. The van der Waals surface area contributed by atoms with Gasteiger partial charge in [-0.1, -0.05) is 60.7 Å². The van der Waals surface area contributed by atoms with Gasteiger partial charge in [0.25, 0.3) is 0 Å². The van der Waals surface area contributed by atoms with Crippen molar-refractivity contribution >= 4 is 46.9 Å². The molecule has 14 nitrogen and oxygen atoms in total. The lowest BCUT2D eigenvalue weighted by atomic mass is 9.65. The van der Waals surface area contributed by atoms with Gasteiger partial charge in [-0.2, -0.15) is 0 Å². The quantitative estimate of drug-likeness (QED) is 0.143. The lowest BCUT2D eigenvalue weighted by Gasteiger charge is -2.31. The van der Waals surface area contributed by atoms with Gasteiger partial charge in [-0.3, -0.25) is 19.2 Å². The van der Waals surface area contributed by atoms with Crippen LogP contribution in [0, 0.1) is 23.7 Å². The second-order valence-electron chi connectivity index (χ2n) is 16.3. The molecule has 0 spiro atoms. The Bertz CT molecular complexity index is 2270. The summed E-state index contributed by atoms with van der Waals surface area (Å²) in [5.74, 6) is -4.76. The molecule has 6 heterocycles. The first-order valence-electron chi connectivity index (χ1n) is 20.9. The van der Waals surface area contributed by atoms with Gasteiger partial charge in [0.15, 0.2) is 11.2 Å². The maximum atomic E-state index is 13.7. The molecule has 4 amide bonds. The minimum absolute atomic E-state index is 0.168. The molecular formula is C48H46N2O12. The van der Waals surface area contributed by atoms with E-state index in [1.807, 2.05) is 36.4 Å². The van der Waals surface area contributed by atoms with E-state index in [0.717, 1.165) is 11.1 Å². The zero-order chi connectivity index (χ0) is 43.6. The van der Waals surface area contributed by atoms with E-state index in [1.165, 1.54) is 9.80 Å². The molecule has 6 saturated heterocycles. The highest BCUT2D eigenvalue weighted by atomic mass is 16.6. The van der Waals surface area contributed by atoms with Crippen LogP contribution in [0.1, 0.15) is 50.7 Å². The van der Waals surface area contributed by atoms with Crippen LogP contribution in [0.4, 0.5) is 11.4 Å². The van der Waals surface area contributed by atoms with Crippen LogP contribution in [-0.4, -0.2) is 74.2 Å². The first-order valence-corrected chi connectivity index (χ1v) is 20.9. The highest BCUT2D eigenvalue weighted by molar-refractivity contribution is 6.25. The van der Waals surface area contributed by atoms with Crippen LogP contribution in [0.5, 0.6) is 11.5 Å². The van der Waals surface area contributed by atoms with Crippen LogP contribution < -0.4 is 19.3 Å². The number of hydrogen-bond acceptors (Lipinski definition) is 12. The smallest absolute Gasteiger partial charge is 0.339 e. The molecule has 6 aliphatic rings. The Labute approximate surface area is 358 Å². The van der Waals surface area contributed by atoms with Gasteiger partial charge in [0.1, 0.15) is 22.7 Å². The molecule has 0 radical (unpaired) electrons. The summed E-state index contributed by atoms with van der Waals surface area (Å²) in [7, 11) is 3.15. The fourth-order valence-corrected chi connectivity index (χ4v) is 10.9. The number of para-hydroxylation sites is 2. The molecule has 0 aliphatic carbocycles. The summed E-state index contributed by atoms with van der Waals surface area (Å²) in [5, 5.41) is 0. The van der Waals surface area contributed by atoms with Crippen molar-refractivity contribution in [3.05, 3.63) is 120 Å². The third-order valence-corrected chi connectivity index (χ3v) is 13.5. The number of ether oxygens (including phenoxy) is 6. The molecule has 62 heavy (non-hydrogen) atoms. The highest BCUT2D eigenvalue weighted by Crippen LogP contribution is 2.67. The van der Waals surface area contributed by atoms with Gasteiger partial charge in [-0.25, -0.2) is 19.4 Å². The Kier molecular flexibility index (Phi) is 10.1. The Morgan fingerprint density at radius 3 is 1.18 bits per heavy atom. The van der Waals surface area contributed by atoms with E-state index in [1.54, 1.807) is 101 Å². The number of methoxy groups -OCH3 is 2. The van der Waals surface area contributed by atoms with Gasteiger partial charge in [-0.05, 0) is 99.2 Å². The fourth-order valence-electron chi connectivity index (χ4n) is 10.9. The number of anilines is 2. The molecule has 6 aliphatic heterocycles. The van der Waals surface area contributed by atoms with Crippen LogP contribution in [0.15, 0.2) is 109 Å². The van der Waals surface area contributed by atoms with Gasteiger partial charge in [0, 0.05) is 0 Å². The molecule has 0 N–H and O–H groups in total. The summed E-state index contributed by atoms with van der Waals surface area (Å²) < 4.78 is 34.0. The Morgan fingerprint density at radius 2 is 0.855 bits per heavy atom. The highest BCUT2D eigenvalue weighted by Gasteiger charge is 2.80. The average molecular weight is 843 g/mol. The molecule has 4 aromatic rings. The minimum Gasteiger partial charge on any atom is -0.497 e. The molecule has 14 heteroatoms. The van der Waals surface area contributed by atoms with Crippen LogP contribution >= 0.6 is 0 Å². The van der Waals surface area contributed by atoms with Crippen molar-refractivity contribution in [3.63, 3.8) is 0 Å². The normalized spacial score (nSPS) is 31.1. The average Bonchev–Trinajstić information content (AvgIpc) is 4.14. The number of carbonyl (C=O) groups excluding carboxylic acids is 6. The molecule has 4 bridgehead atoms. The number of rotatable bonds is 10. The molecule has 10 rings (SSSR count). The summed E-state index contributed by atoms with van der Waals surface area (Å²) in [6, 6.07) is 32.1. The van der Waals surface area contributed by atoms with Crippen LogP contribution in [-0.2, 0) is 58.9 Å². The van der Waals surface area contributed by atoms with Crippen molar-refractivity contribution in [2.24, 2.45) is 23.7 Å². The van der Waals surface area contributed by atoms with E-state index in [0.29, 0.717) is 48.6 Å². The van der Waals surface area contributed by atoms with E-state index < -0.39 is 69.8 Å². The number of hydrogen-bond donors (Lipinski definition) is 0. The van der Waals surface area contributed by atoms with Crippen LogP contribution in [0.25, 0.3) is 0 Å². The van der Waals surface area contributed by atoms with Gasteiger partial charge in [0.05, 0.1) is 62.5 Å². The molecule has 4 aromatic carbocycles. The first-order chi connectivity index (χ1) is 30.0. The summed E-state index contributed by atoms with van der Waals surface area (Å²) in [6.07, 6.45) is 1.53. The van der Waals surface area contributed by atoms with Crippen molar-refractivity contribution in [2.45, 2.75) is 61.9 Å². The van der Waals surface area contributed by atoms with E-state index in [-0.39, 0.29) is 25.0 Å². The van der Waals surface area contributed by atoms with Gasteiger partial charge in [-0.15, -0.1) is 0 Å². The SMILES string of the molecule is CCOC(=O)[C@]12CC[C@](c3ccc(OC)cc3)(O1)[C@@H]1C(=O)N(c3ccccc3)C(=O)[C@@H]12.CCOC(=O)[C@]12CC[C@](c3ccc(OC)cc3)(O1)[C@@H]1C(=O)N(c3ccccc3)C(=O)[C@@H]12. The van der Waals surface area contributed by atoms with Crippen molar-refractivity contribution < 1.29 is 57.2 Å². The van der Waals surface area contributed by atoms with Crippen LogP contribution in [0.3, 0.4) is 0 Å². The number of carbonyl (C=O) groups is 6. The Balaban J connectivity index is 0.000000158. The third kappa shape index (κ3) is 5.68. The number of amides is 4. The van der Waals surface area contributed by atoms with E-state index >= 15 is 0 Å².